The molecule has 0 spiro atoms. The Bertz CT molecular complexity index is 1260. The molecule has 2 aromatic rings. The Morgan fingerprint density at radius 2 is 1.73 bits per heavy atom. The Morgan fingerprint density at radius 3 is 2.35 bits per heavy atom. The average Bonchev–Trinajstić information content (AvgIpc) is 2.85. The van der Waals surface area contributed by atoms with E-state index < -0.39 is 28.5 Å². The van der Waals surface area contributed by atoms with Crippen LogP contribution in [0.3, 0.4) is 0 Å². The molecule has 9 nitrogen and oxygen atoms in total. The van der Waals surface area contributed by atoms with Gasteiger partial charge in [-0.15, -0.1) is 0 Å². The van der Waals surface area contributed by atoms with E-state index >= 15 is 0 Å². The molecule has 0 saturated heterocycles. The zero-order valence-corrected chi connectivity index (χ0v) is 23.5. The first-order chi connectivity index (χ1) is 17.4. The number of ether oxygens (including phenoxy) is 2. The maximum Gasteiger partial charge on any atom is 0.244 e. The molecule has 0 radical (unpaired) electrons. The third-order valence-corrected chi connectivity index (χ3v) is 7.74. The van der Waals surface area contributed by atoms with Gasteiger partial charge in [0.05, 0.1) is 11.9 Å². The number of carbonyl (C=O) groups excluding carboxylic acids is 2. The van der Waals surface area contributed by atoms with Crippen molar-refractivity contribution in [1.82, 2.24) is 10.2 Å². The van der Waals surface area contributed by atoms with Crippen LogP contribution >= 0.6 is 23.2 Å². The standard InChI is InChI=1S/C25H31Cl2N3O6S/c1-5-16(2)28-25(32)17(3)29(14-18-6-7-19(26)12-21(18)27)24(31)15-30(37(4,33)34)20-8-9-22-23(13-20)36-11-10-35-22/h6-9,12-13,16-17H,5,10-11,14-15H2,1-4H3,(H,28,32)/t16-,17+/m1/s1. The van der Waals surface area contributed by atoms with Crippen LogP contribution in [0.1, 0.15) is 32.8 Å². The number of nitrogens with zero attached hydrogens (tertiary/aromatic N) is 2. The van der Waals surface area contributed by atoms with E-state index in [-0.39, 0.29) is 24.2 Å². The van der Waals surface area contributed by atoms with Crippen LogP contribution in [0, 0.1) is 0 Å². The van der Waals surface area contributed by atoms with Crippen LogP contribution in [0.5, 0.6) is 11.5 Å². The van der Waals surface area contributed by atoms with Crippen molar-refractivity contribution in [3.63, 3.8) is 0 Å². The van der Waals surface area contributed by atoms with Crippen LogP contribution in [0.15, 0.2) is 36.4 Å². The minimum absolute atomic E-state index is 0.0251. The third-order valence-electron chi connectivity index (χ3n) is 6.02. The van der Waals surface area contributed by atoms with Gasteiger partial charge in [0.25, 0.3) is 0 Å². The molecule has 0 saturated carbocycles. The SMILES string of the molecule is CC[C@@H](C)NC(=O)[C@H](C)N(Cc1ccc(Cl)cc1Cl)C(=O)CN(c1ccc2c(c1)OCCO2)S(C)(=O)=O. The van der Waals surface area contributed by atoms with Crippen LogP contribution < -0.4 is 19.1 Å². The molecular formula is C25H31Cl2N3O6S. The highest BCUT2D eigenvalue weighted by Crippen LogP contribution is 2.35. The molecule has 12 heteroatoms. The summed E-state index contributed by atoms with van der Waals surface area (Å²) < 4.78 is 37.6. The van der Waals surface area contributed by atoms with Gasteiger partial charge < -0.3 is 19.7 Å². The summed E-state index contributed by atoms with van der Waals surface area (Å²) in [6.45, 7) is 5.54. The monoisotopic (exact) mass is 571 g/mol. The summed E-state index contributed by atoms with van der Waals surface area (Å²) in [4.78, 5) is 27.9. The van der Waals surface area contributed by atoms with Crippen molar-refractivity contribution in [2.24, 2.45) is 0 Å². The van der Waals surface area contributed by atoms with Crippen molar-refractivity contribution < 1.29 is 27.5 Å². The second-order valence-electron chi connectivity index (χ2n) is 8.85. The first-order valence-electron chi connectivity index (χ1n) is 11.8. The maximum atomic E-state index is 13.7. The molecule has 1 heterocycles. The van der Waals surface area contributed by atoms with E-state index in [1.165, 1.54) is 11.0 Å². The lowest BCUT2D eigenvalue weighted by atomic mass is 10.1. The molecule has 3 rings (SSSR count). The van der Waals surface area contributed by atoms with Gasteiger partial charge in [-0.05, 0) is 50.1 Å². The van der Waals surface area contributed by atoms with E-state index in [0.717, 1.165) is 10.6 Å². The smallest absolute Gasteiger partial charge is 0.244 e. The molecule has 2 atom stereocenters. The Morgan fingerprint density at radius 1 is 1.05 bits per heavy atom. The highest BCUT2D eigenvalue weighted by atomic mass is 35.5. The minimum Gasteiger partial charge on any atom is -0.486 e. The molecule has 0 aromatic heterocycles. The summed E-state index contributed by atoms with van der Waals surface area (Å²) in [5, 5.41) is 3.63. The quantitative estimate of drug-likeness (QED) is 0.464. The fourth-order valence-electron chi connectivity index (χ4n) is 3.68. The lowest BCUT2D eigenvalue weighted by molar-refractivity contribution is -0.139. The van der Waals surface area contributed by atoms with E-state index in [1.807, 2.05) is 13.8 Å². The predicted molar refractivity (Wildman–Crippen MR) is 144 cm³/mol. The lowest BCUT2D eigenvalue weighted by Crippen LogP contribution is -2.52. The van der Waals surface area contributed by atoms with E-state index in [4.69, 9.17) is 32.7 Å². The Balaban J connectivity index is 1.94. The number of carbonyl (C=O) groups is 2. The van der Waals surface area contributed by atoms with Crippen molar-refractivity contribution in [2.75, 3.05) is 30.3 Å². The van der Waals surface area contributed by atoms with Gasteiger partial charge in [0, 0.05) is 28.7 Å². The van der Waals surface area contributed by atoms with Crippen LogP contribution in [0.2, 0.25) is 10.0 Å². The van der Waals surface area contributed by atoms with Gasteiger partial charge in [0.1, 0.15) is 25.8 Å². The summed E-state index contributed by atoms with van der Waals surface area (Å²) in [6.07, 6.45) is 1.72. The number of hydrogen-bond acceptors (Lipinski definition) is 6. The summed E-state index contributed by atoms with van der Waals surface area (Å²) in [5.41, 5.74) is 0.800. The number of nitrogens with one attached hydrogen (secondary N) is 1. The van der Waals surface area contributed by atoms with E-state index in [0.29, 0.717) is 46.7 Å². The molecule has 0 fully saturated rings. The molecule has 0 aliphatic carbocycles. The number of hydrogen-bond donors (Lipinski definition) is 1. The molecule has 0 unspecified atom stereocenters. The largest absolute Gasteiger partial charge is 0.486 e. The van der Waals surface area contributed by atoms with Crippen molar-refractivity contribution in [3.05, 3.63) is 52.0 Å². The molecule has 0 bridgehead atoms. The lowest BCUT2D eigenvalue weighted by Gasteiger charge is -2.32. The van der Waals surface area contributed by atoms with Gasteiger partial charge in [-0.1, -0.05) is 36.2 Å². The van der Waals surface area contributed by atoms with E-state index in [9.17, 15) is 18.0 Å². The van der Waals surface area contributed by atoms with Crippen molar-refractivity contribution in [1.29, 1.82) is 0 Å². The van der Waals surface area contributed by atoms with Gasteiger partial charge in [-0.3, -0.25) is 13.9 Å². The number of anilines is 1. The second kappa shape index (κ2) is 12.2. The summed E-state index contributed by atoms with van der Waals surface area (Å²) in [5.74, 6) is -0.0729. The van der Waals surface area contributed by atoms with E-state index in [2.05, 4.69) is 5.32 Å². The van der Waals surface area contributed by atoms with Crippen molar-refractivity contribution in [2.45, 2.75) is 45.8 Å². The number of benzene rings is 2. The maximum absolute atomic E-state index is 13.7. The molecule has 2 amide bonds. The highest BCUT2D eigenvalue weighted by Gasteiger charge is 2.31. The minimum atomic E-state index is -3.88. The Hall–Kier alpha value is -2.69. The molecule has 2 aromatic carbocycles. The third kappa shape index (κ3) is 7.43. The van der Waals surface area contributed by atoms with Crippen LogP contribution in [0.4, 0.5) is 5.69 Å². The van der Waals surface area contributed by atoms with Crippen LogP contribution in [0.25, 0.3) is 0 Å². The topological polar surface area (TPSA) is 105 Å². The molecular weight excluding hydrogens is 541 g/mol. The van der Waals surface area contributed by atoms with Crippen molar-refractivity contribution in [3.8, 4) is 11.5 Å². The van der Waals surface area contributed by atoms with Gasteiger partial charge in [-0.2, -0.15) is 0 Å². The zero-order valence-electron chi connectivity index (χ0n) is 21.2. The zero-order chi connectivity index (χ0) is 27.3. The fraction of sp³-hybridized carbons (Fsp3) is 0.440. The molecule has 1 aliphatic heterocycles. The number of sulfonamides is 1. The summed E-state index contributed by atoms with van der Waals surface area (Å²) in [7, 11) is -3.88. The Kier molecular flexibility index (Phi) is 9.55. The normalized spacial score (nSPS) is 14.4. The van der Waals surface area contributed by atoms with Gasteiger partial charge >= 0.3 is 0 Å². The van der Waals surface area contributed by atoms with Crippen LogP contribution in [-0.4, -0.2) is 63.2 Å². The number of amides is 2. The number of rotatable bonds is 10. The Labute approximate surface area is 227 Å². The predicted octanol–water partition coefficient (Wildman–Crippen LogP) is 3.86. The van der Waals surface area contributed by atoms with Crippen LogP contribution in [-0.2, 0) is 26.2 Å². The second-order valence-corrected chi connectivity index (χ2v) is 11.6. The van der Waals surface area contributed by atoms with E-state index in [1.54, 1.807) is 37.3 Å². The first kappa shape index (κ1) is 28.9. The van der Waals surface area contributed by atoms with Crippen molar-refractivity contribution >= 4 is 50.7 Å². The molecule has 37 heavy (non-hydrogen) atoms. The van der Waals surface area contributed by atoms with Gasteiger partial charge in [-0.25, -0.2) is 8.42 Å². The number of halogens is 2. The highest BCUT2D eigenvalue weighted by molar-refractivity contribution is 7.92. The molecule has 1 N–H and O–H groups in total. The summed E-state index contributed by atoms with van der Waals surface area (Å²) in [6, 6.07) is 8.49. The van der Waals surface area contributed by atoms with Gasteiger partial charge in [0.2, 0.25) is 21.8 Å². The van der Waals surface area contributed by atoms with Gasteiger partial charge in [0.15, 0.2) is 11.5 Å². The molecule has 202 valence electrons. The fourth-order valence-corrected chi connectivity index (χ4v) is 4.99. The summed E-state index contributed by atoms with van der Waals surface area (Å²) >= 11 is 12.4. The average molecular weight is 573 g/mol. The number of fused-ring (bicyclic) bond motifs is 1. The molecule has 1 aliphatic rings. The first-order valence-corrected chi connectivity index (χ1v) is 14.4.